The van der Waals surface area contributed by atoms with E-state index in [1.807, 2.05) is 0 Å². The Hall–Kier alpha value is 1.25. The molecule has 0 radical (unpaired) electrons. The summed E-state index contributed by atoms with van der Waals surface area (Å²) < 4.78 is 0. The molecule has 0 atom stereocenters. The minimum absolute atomic E-state index is 0. The summed E-state index contributed by atoms with van der Waals surface area (Å²) in [7, 11) is 0. The largest absolute Gasteiger partial charge is 2.00 e. The standard InChI is InChI=1S/C10H21.BrH.Mg/c1-4-7-10(8-5-2)9-6-3;;/h4-9H2,1-3H3;1H;/q-1;;+2/p-1. The van der Waals surface area contributed by atoms with Crippen molar-refractivity contribution in [3.05, 3.63) is 5.92 Å². The van der Waals surface area contributed by atoms with Gasteiger partial charge in [0.05, 0.1) is 0 Å². The Morgan fingerprint density at radius 3 is 1.17 bits per heavy atom. The fourth-order valence-corrected chi connectivity index (χ4v) is 1.44. The Bertz CT molecular complexity index is 52.6. The molecule has 0 fully saturated rings. The molecule has 0 aliphatic carbocycles. The summed E-state index contributed by atoms with van der Waals surface area (Å²) in [5, 5.41) is 0. The molecule has 0 aromatic carbocycles. The summed E-state index contributed by atoms with van der Waals surface area (Å²) in [5.41, 5.74) is 0. The molecular formula is C10H21BrMg. The average molecular weight is 245 g/mol. The molecule has 0 aliphatic rings. The molecule has 0 nitrogen and oxygen atoms in total. The van der Waals surface area contributed by atoms with Crippen molar-refractivity contribution in [3.63, 3.8) is 0 Å². The molecule has 0 heterocycles. The molecular weight excluding hydrogens is 224 g/mol. The molecule has 0 saturated carbocycles. The van der Waals surface area contributed by atoms with Crippen LogP contribution in [0.3, 0.4) is 0 Å². The van der Waals surface area contributed by atoms with Gasteiger partial charge in [0.25, 0.3) is 0 Å². The van der Waals surface area contributed by atoms with Crippen molar-refractivity contribution in [2.24, 2.45) is 0 Å². The Morgan fingerprint density at radius 2 is 1.00 bits per heavy atom. The third kappa shape index (κ3) is 11.2. The van der Waals surface area contributed by atoms with E-state index in [4.69, 9.17) is 0 Å². The average Bonchev–Trinajstić information content (AvgIpc) is 1.90. The topological polar surface area (TPSA) is 0 Å². The SMILES string of the molecule is CCC[C-](CCC)CCC.[Br-].[Mg+2]. The van der Waals surface area contributed by atoms with E-state index in [1.165, 1.54) is 38.5 Å². The first kappa shape index (κ1) is 18.9. The van der Waals surface area contributed by atoms with Crippen LogP contribution in [0.15, 0.2) is 0 Å². The molecule has 0 N–H and O–H groups in total. The summed E-state index contributed by atoms with van der Waals surface area (Å²) in [4.78, 5) is 0. The molecule has 0 unspecified atom stereocenters. The van der Waals surface area contributed by atoms with E-state index in [-0.39, 0.29) is 40.0 Å². The maximum atomic E-state index is 2.27. The van der Waals surface area contributed by atoms with E-state index in [9.17, 15) is 0 Å². The predicted molar refractivity (Wildman–Crippen MR) is 53.7 cm³/mol. The van der Waals surface area contributed by atoms with Crippen molar-refractivity contribution >= 4 is 23.1 Å². The van der Waals surface area contributed by atoms with Crippen molar-refractivity contribution in [3.8, 4) is 0 Å². The summed E-state index contributed by atoms with van der Waals surface area (Å²) >= 11 is 0. The van der Waals surface area contributed by atoms with Crippen LogP contribution in [0.4, 0.5) is 0 Å². The van der Waals surface area contributed by atoms with Crippen molar-refractivity contribution in [1.29, 1.82) is 0 Å². The molecule has 0 saturated heterocycles. The van der Waals surface area contributed by atoms with Crippen molar-refractivity contribution < 1.29 is 17.0 Å². The molecule has 0 bridgehead atoms. The fraction of sp³-hybridized carbons (Fsp3) is 0.900. The quantitative estimate of drug-likeness (QED) is 0.474. The first-order valence-electron chi connectivity index (χ1n) is 4.68. The molecule has 0 rings (SSSR count). The van der Waals surface area contributed by atoms with E-state index < -0.39 is 0 Å². The third-order valence-electron chi connectivity index (χ3n) is 1.81. The van der Waals surface area contributed by atoms with Crippen LogP contribution < -0.4 is 17.0 Å². The summed E-state index contributed by atoms with van der Waals surface area (Å²) in [6.45, 7) is 6.81. The Morgan fingerprint density at radius 1 is 0.750 bits per heavy atom. The first-order valence-corrected chi connectivity index (χ1v) is 4.68. The third-order valence-corrected chi connectivity index (χ3v) is 1.81. The Labute approximate surface area is 105 Å². The van der Waals surface area contributed by atoms with E-state index >= 15 is 0 Å². The van der Waals surface area contributed by atoms with Gasteiger partial charge in [-0.15, -0.1) is 0 Å². The van der Waals surface area contributed by atoms with Gasteiger partial charge in [-0.05, 0) is 0 Å². The van der Waals surface area contributed by atoms with Crippen LogP contribution in [0.2, 0.25) is 0 Å². The van der Waals surface area contributed by atoms with Crippen LogP contribution in [0.5, 0.6) is 0 Å². The fourth-order valence-electron chi connectivity index (χ4n) is 1.44. The van der Waals surface area contributed by atoms with E-state index in [2.05, 4.69) is 20.8 Å². The van der Waals surface area contributed by atoms with E-state index in [1.54, 1.807) is 5.92 Å². The van der Waals surface area contributed by atoms with Crippen LogP contribution in [-0.4, -0.2) is 23.1 Å². The molecule has 0 spiro atoms. The molecule has 12 heavy (non-hydrogen) atoms. The minimum Gasteiger partial charge on any atom is -1.00 e. The summed E-state index contributed by atoms with van der Waals surface area (Å²) in [5.74, 6) is 1.78. The summed E-state index contributed by atoms with van der Waals surface area (Å²) in [6.07, 6.45) is 8.07. The normalized spacial score (nSPS) is 9.00. The Balaban J connectivity index is -0.000000405. The van der Waals surface area contributed by atoms with Gasteiger partial charge in [-0.1, -0.05) is 40.0 Å². The minimum atomic E-state index is 0. The second-order valence-electron chi connectivity index (χ2n) is 3.00. The van der Waals surface area contributed by atoms with Crippen LogP contribution in [0, 0.1) is 5.92 Å². The second-order valence-corrected chi connectivity index (χ2v) is 3.00. The number of hydrogen-bond acceptors (Lipinski definition) is 0. The van der Waals surface area contributed by atoms with Crippen LogP contribution >= 0.6 is 0 Å². The first-order chi connectivity index (χ1) is 4.85. The van der Waals surface area contributed by atoms with E-state index in [0.29, 0.717) is 0 Å². The van der Waals surface area contributed by atoms with Crippen LogP contribution in [0.1, 0.15) is 59.3 Å². The molecule has 0 aromatic rings. The monoisotopic (exact) mass is 244 g/mol. The predicted octanol–water partition coefficient (Wildman–Crippen LogP) is 0.584. The van der Waals surface area contributed by atoms with E-state index in [0.717, 1.165) is 0 Å². The van der Waals surface area contributed by atoms with Gasteiger partial charge in [0.1, 0.15) is 0 Å². The van der Waals surface area contributed by atoms with Gasteiger partial charge in [0.2, 0.25) is 0 Å². The summed E-state index contributed by atoms with van der Waals surface area (Å²) in [6, 6.07) is 0. The van der Waals surface area contributed by atoms with Gasteiger partial charge in [0.15, 0.2) is 0 Å². The number of hydrogen-bond donors (Lipinski definition) is 0. The molecule has 0 aromatic heterocycles. The Kier molecular flexibility index (Phi) is 23.3. The zero-order valence-corrected chi connectivity index (χ0v) is 11.8. The smallest absolute Gasteiger partial charge is 1.00 e. The van der Waals surface area contributed by atoms with Crippen LogP contribution in [0.25, 0.3) is 0 Å². The zero-order valence-electron chi connectivity index (χ0n) is 8.83. The van der Waals surface area contributed by atoms with Gasteiger partial charge in [-0.2, -0.15) is 19.3 Å². The van der Waals surface area contributed by atoms with Crippen molar-refractivity contribution in [2.45, 2.75) is 59.3 Å². The molecule has 0 amide bonds. The van der Waals surface area contributed by atoms with Crippen LogP contribution in [-0.2, 0) is 0 Å². The van der Waals surface area contributed by atoms with Gasteiger partial charge in [-0.3, -0.25) is 0 Å². The van der Waals surface area contributed by atoms with Gasteiger partial charge >= 0.3 is 23.1 Å². The maximum absolute atomic E-state index is 2.27. The van der Waals surface area contributed by atoms with Gasteiger partial charge in [-0.25, -0.2) is 0 Å². The van der Waals surface area contributed by atoms with Gasteiger partial charge in [0, 0.05) is 0 Å². The second kappa shape index (κ2) is 14.8. The van der Waals surface area contributed by atoms with Crippen molar-refractivity contribution in [2.75, 3.05) is 0 Å². The zero-order chi connectivity index (χ0) is 7.82. The number of rotatable bonds is 6. The van der Waals surface area contributed by atoms with Gasteiger partial charge < -0.3 is 22.9 Å². The molecule has 0 aliphatic heterocycles. The molecule has 2 heteroatoms. The maximum Gasteiger partial charge on any atom is 2.00 e. The molecule has 70 valence electrons. The number of halogens is 1. The van der Waals surface area contributed by atoms with Crippen molar-refractivity contribution in [1.82, 2.24) is 0 Å².